The number of fused-ring (bicyclic) bond motifs is 6. The van der Waals surface area contributed by atoms with Crippen molar-refractivity contribution in [3.63, 3.8) is 0 Å². The highest BCUT2D eigenvalue weighted by molar-refractivity contribution is 6.26. The van der Waals surface area contributed by atoms with Crippen molar-refractivity contribution in [2.75, 3.05) is 0 Å². The van der Waals surface area contributed by atoms with Crippen LogP contribution in [0.3, 0.4) is 0 Å². The molecule has 0 fully saturated rings. The normalized spacial score (nSPS) is 11.7. The molecule has 10 rings (SSSR count). The summed E-state index contributed by atoms with van der Waals surface area (Å²) in [6.07, 6.45) is 0. The van der Waals surface area contributed by atoms with E-state index in [1.807, 2.05) is 0 Å². The van der Waals surface area contributed by atoms with Crippen LogP contribution in [0.2, 0.25) is 0 Å². The van der Waals surface area contributed by atoms with Gasteiger partial charge in [0.15, 0.2) is 0 Å². The van der Waals surface area contributed by atoms with Crippen LogP contribution in [0.1, 0.15) is 0 Å². The molecule has 0 atom stereocenters. The summed E-state index contributed by atoms with van der Waals surface area (Å²) in [5, 5.41) is 9.66. The first-order chi connectivity index (χ1) is 24.3. The molecule has 1 nitrogen and oxygen atoms in total. The number of rotatable bonds is 4. The van der Waals surface area contributed by atoms with Gasteiger partial charge in [-0.1, -0.05) is 158 Å². The van der Waals surface area contributed by atoms with Gasteiger partial charge in [-0.05, 0) is 101 Å². The van der Waals surface area contributed by atoms with Crippen molar-refractivity contribution in [2.45, 2.75) is 0 Å². The van der Waals surface area contributed by atoms with E-state index in [4.69, 9.17) is 4.42 Å². The zero-order valence-corrected chi connectivity index (χ0v) is 26.7. The first kappa shape index (κ1) is 27.7. The van der Waals surface area contributed by atoms with Crippen molar-refractivity contribution >= 4 is 54.3 Å². The molecular formula is C48H30O. The Morgan fingerprint density at radius 1 is 0.286 bits per heavy atom. The summed E-state index contributed by atoms with van der Waals surface area (Å²) in [5.74, 6) is 0. The van der Waals surface area contributed by atoms with Crippen LogP contribution in [0.15, 0.2) is 186 Å². The Kier molecular flexibility index (Phi) is 6.25. The summed E-state index contributed by atoms with van der Waals surface area (Å²) in [5.41, 5.74) is 11.6. The summed E-state index contributed by atoms with van der Waals surface area (Å²) in [6.45, 7) is 0. The van der Waals surface area contributed by atoms with Gasteiger partial charge in [0.05, 0.1) is 0 Å². The first-order valence-electron chi connectivity index (χ1n) is 16.8. The fraction of sp³-hybridized carbons (Fsp3) is 0. The molecular weight excluding hydrogens is 593 g/mol. The molecule has 0 aliphatic carbocycles. The monoisotopic (exact) mass is 622 g/mol. The highest BCUT2D eigenvalue weighted by atomic mass is 16.3. The minimum absolute atomic E-state index is 0.909. The maximum absolute atomic E-state index is 6.52. The van der Waals surface area contributed by atoms with Gasteiger partial charge >= 0.3 is 0 Å². The molecule has 0 saturated heterocycles. The van der Waals surface area contributed by atoms with Gasteiger partial charge in [0, 0.05) is 10.8 Å². The van der Waals surface area contributed by atoms with E-state index in [-0.39, 0.29) is 0 Å². The molecule has 1 aromatic heterocycles. The van der Waals surface area contributed by atoms with Crippen LogP contribution in [0.4, 0.5) is 0 Å². The number of furan rings is 1. The molecule has 0 unspecified atom stereocenters. The SMILES string of the molecule is c1ccc(-c2cccc(-c3ccc(-c4c5ccccc5c(-c5cccc6oc7cc8ccccc8cc7c56)c5ccccc45)cc3)c2)cc1. The zero-order chi connectivity index (χ0) is 32.3. The third-order valence-corrected chi connectivity index (χ3v) is 10.0. The minimum atomic E-state index is 0.909. The van der Waals surface area contributed by atoms with Crippen molar-refractivity contribution in [3.05, 3.63) is 182 Å². The fourth-order valence-electron chi connectivity index (χ4n) is 7.79. The topological polar surface area (TPSA) is 13.1 Å². The van der Waals surface area contributed by atoms with Gasteiger partial charge in [0.25, 0.3) is 0 Å². The molecule has 0 amide bonds. The summed E-state index contributed by atoms with van der Waals surface area (Å²) in [7, 11) is 0. The van der Waals surface area contributed by atoms with Gasteiger partial charge in [-0.15, -0.1) is 0 Å². The van der Waals surface area contributed by atoms with Crippen molar-refractivity contribution in [3.8, 4) is 44.5 Å². The quantitative estimate of drug-likeness (QED) is 0.178. The van der Waals surface area contributed by atoms with Crippen molar-refractivity contribution < 1.29 is 4.42 Å². The van der Waals surface area contributed by atoms with Crippen molar-refractivity contribution in [2.24, 2.45) is 0 Å². The van der Waals surface area contributed by atoms with E-state index in [1.165, 1.54) is 76.8 Å². The molecule has 9 aromatic carbocycles. The molecule has 10 aromatic rings. The summed E-state index contributed by atoms with van der Waals surface area (Å²) in [4.78, 5) is 0. The Hall–Kier alpha value is -6.44. The average Bonchev–Trinajstić information content (AvgIpc) is 3.54. The summed E-state index contributed by atoms with van der Waals surface area (Å²) >= 11 is 0. The van der Waals surface area contributed by atoms with Gasteiger partial charge in [-0.25, -0.2) is 0 Å². The molecule has 1 heteroatoms. The van der Waals surface area contributed by atoms with Crippen LogP contribution in [-0.4, -0.2) is 0 Å². The molecule has 0 N–H and O–H groups in total. The first-order valence-corrected chi connectivity index (χ1v) is 16.8. The Morgan fingerprint density at radius 2 is 0.796 bits per heavy atom. The van der Waals surface area contributed by atoms with E-state index in [0.29, 0.717) is 0 Å². The number of hydrogen-bond donors (Lipinski definition) is 0. The van der Waals surface area contributed by atoms with Crippen molar-refractivity contribution in [1.82, 2.24) is 0 Å². The lowest BCUT2D eigenvalue weighted by Gasteiger charge is -2.18. The summed E-state index contributed by atoms with van der Waals surface area (Å²) in [6, 6.07) is 65.7. The van der Waals surface area contributed by atoms with Gasteiger partial charge in [0.1, 0.15) is 11.2 Å². The maximum Gasteiger partial charge on any atom is 0.136 e. The average molecular weight is 623 g/mol. The van der Waals surface area contributed by atoms with Crippen LogP contribution in [0, 0.1) is 0 Å². The van der Waals surface area contributed by atoms with Gasteiger partial charge in [-0.2, -0.15) is 0 Å². The van der Waals surface area contributed by atoms with Gasteiger partial charge in [0.2, 0.25) is 0 Å². The minimum Gasteiger partial charge on any atom is -0.456 e. The van der Waals surface area contributed by atoms with Crippen LogP contribution in [0.25, 0.3) is 98.8 Å². The molecule has 0 spiro atoms. The lowest BCUT2D eigenvalue weighted by atomic mass is 9.84. The Balaban J connectivity index is 1.18. The van der Waals surface area contributed by atoms with E-state index in [1.54, 1.807) is 0 Å². The zero-order valence-electron chi connectivity index (χ0n) is 26.7. The fourth-order valence-corrected chi connectivity index (χ4v) is 7.79. The van der Waals surface area contributed by atoms with Crippen LogP contribution >= 0.6 is 0 Å². The predicted molar refractivity (Wildman–Crippen MR) is 208 cm³/mol. The van der Waals surface area contributed by atoms with E-state index in [2.05, 4.69) is 182 Å². The van der Waals surface area contributed by atoms with Crippen LogP contribution < -0.4 is 0 Å². The third kappa shape index (κ3) is 4.47. The van der Waals surface area contributed by atoms with Crippen LogP contribution in [-0.2, 0) is 0 Å². The second kappa shape index (κ2) is 11.1. The largest absolute Gasteiger partial charge is 0.456 e. The predicted octanol–water partition coefficient (Wildman–Crippen LogP) is 13.7. The second-order valence-corrected chi connectivity index (χ2v) is 12.8. The van der Waals surface area contributed by atoms with E-state index in [0.717, 1.165) is 21.9 Å². The van der Waals surface area contributed by atoms with Gasteiger partial charge in [-0.3, -0.25) is 0 Å². The summed E-state index contributed by atoms with van der Waals surface area (Å²) < 4.78 is 6.52. The molecule has 0 aliphatic heterocycles. The molecule has 49 heavy (non-hydrogen) atoms. The van der Waals surface area contributed by atoms with E-state index < -0.39 is 0 Å². The molecule has 0 bridgehead atoms. The highest BCUT2D eigenvalue weighted by Crippen LogP contribution is 2.47. The van der Waals surface area contributed by atoms with E-state index >= 15 is 0 Å². The maximum atomic E-state index is 6.52. The Labute approximate surface area is 284 Å². The van der Waals surface area contributed by atoms with Gasteiger partial charge < -0.3 is 4.42 Å². The molecule has 0 radical (unpaired) electrons. The highest BCUT2D eigenvalue weighted by Gasteiger charge is 2.20. The Bertz CT molecular complexity index is 2800. The standard InChI is InChI=1S/C48H30O/c1-2-12-31(13-3-1)34-16-10-17-35(28-34)32-24-26-33(27-25-32)46-38-18-6-8-20-40(38)47(41-21-9-7-19-39(41)46)42-22-11-23-44-48(42)43-29-36-14-4-5-15-37(36)30-45(43)49-44/h1-30H. The number of benzene rings is 9. The van der Waals surface area contributed by atoms with Crippen molar-refractivity contribution in [1.29, 1.82) is 0 Å². The lowest BCUT2D eigenvalue weighted by Crippen LogP contribution is -1.91. The molecule has 0 saturated carbocycles. The Morgan fingerprint density at radius 3 is 1.47 bits per heavy atom. The third-order valence-electron chi connectivity index (χ3n) is 10.0. The number of hydrogen-bond acceptors (Lipinski definition) is 1. The van der Waals surface area contributed by atoms with Crippen LogP contribution in [0.5, 0.6) is 0 Å². The lowest BCUT2D eigenvalue weighted by molar-refractivity contribution is 0.669. The smallest absolute Gasteiger partial charge is 0.136 e. The van der Waals surface area contributed by atoms with E-state index in [9.17, 15) is 0 Å². The molecule has 228 valence electrons. The second-order valence-electron chi connectivity index (χ2n) is 12.8. The molecule has 1 heterocycles. The molecule has 0 aliphatic rings.